The van der Waals surface area contributed by atoms with Gasteiger partial charge in [-0.15, -0.1) is 0 Å². The van der Waals surface area contributed by atoms with Gasteiger partial charge in [-0.2, -0.15) is 5.10 Å². The first kappa shape index (κ1) is 11.0. The molecule has 1 unspecified atom stereocenters. The van der Waals surface area contributed by atoms with Crippen molar-refractivity contribution in [1.82, 2.24) is 19.7 Å². The average molecular weight is 239 g/mol. The van der Waals surface area contributed by atoms with Crippen molar-refractivity contribution in [2.45, 2.75) is 13.0 Å². The van der Waals surface area contributed by atoms with E-state index in [0.717, 1.165) is 5.69 Å². The van der Waals surface area contributed by atoms with Crippen molar-refractivity contribution in [2.75, 3.05) is 0 Å². The highest BCUT2D eigenvalue weighted by Gasteiger charge is 2.19. The van der Waals surface area contributed by atoms with Crippen molar-refractivity contribution in [3.8, 4) is 0 Å². The summed E-state index contributed by atoms with van der Waals surface area (Å²) in [4.78, 5) is 8.18. The van der Waals surface area contributed by atoms with Crippen LogP contribution in [0.5, 0.6) is 0 Å². The zero-order valence-corrected chi connectivity index (χ0v) is 9.68. The number of aromatic nitrogens is 4. The second-order valence-corrected chi connectivity index (χ2v) is 3.89. The number of aryl methyl sites for hydroxylation is 2. The molecule has 0 bridgehead atoms. The molecule has 1 N–H and O–H groups in total. The first-order valence-electron chi connectivity index (χ1n) is 4.73. The van der Waals surface area contributed by atoms with E-state index in [4.69, 9.17) is 11.6 Å². The molecule has 1 atom stereocenters. The third-order valence-corrected chi connectivity index (χ3v) is 2.57. The van der Waals surface area contributed by atoms with E-state index in [9.17, 15) is 5.11 Å². The van der Waals surface area contributed by atoms with Gasteiger partial charge in [0.15, 0.2) is 0 Å². The summed E-state index contributed by atoms with van der Waals surface area (Å²) in [6.07, 6.45) is 3.71. The van der Waals surface area contributed by atoms with Gasteiger partial charge in [-0.1, -0.05) is 11.6 Å². The Balaban J connectivity index is 2.39. The quantitative estimate of drug-likeness (QED) is 0.856. The zero-order valence-electron chi connectivity index (χ0n) is 8.92. The van der Waals surface area contributed by atoms with Gasteiger partial charge in [0.25, 0.3) is 0 Å². The molecule has 0 spiro atoms. The second kappa shape index (κ2) is 4.19. The van der Waals surface area contributed by atoms with Crippen LogP contribution in [0.2, 0.25) is 5.02 Å². The Hall–Kier alpha value is -1.46. The number of hydrogen-bond acceptors (Lipinski definition) is 4. The first-order chi connectivity index (χ1) is 7.59. The molecule has 6 heteroatoms. The molecule has 0 aliphatic heterocycles. The lowest BCUT2D eigenvalue weighted by Crippen LogP contribution is -2.09. The molecule has 2 heterocycles. The normalized spacial score (nSPS) is 12.8. The van der Waals surface area contributed by atoms with Crippen LogP contribution in [0, 0.1) is 6.92 Å². The number of halogens is 1. The molecule has 2 aromatic heterocycles. The van der Waals surface area contributed by atoms with Crippen molar-refractivity contribution in [2.24, 2.45) is 7.05 Å². The number of nitrogens with zero attached hydrogens (tertiary/aromatic N) is 4. The minimum Gasteiger partial charge on any atom is -0.380 e. The van der Waals surface area contributed by atoms with Gasteiger partial charge in [0, 0.05) is 13.2 Å². The predicted octanol–water partition coefficient (Wildman–Crippen LogP) is 1.25. The topological polar surface area (TPSA) is 63.8 Å². The first-order valence-corrected chi connectivity index (χ1v) is 5.11. The summed E-state index contributed by atoms with van der Waals surface area (Å²) in [7, 11) is 1.71. The maximum absolute atomic E-state index is 10.1. The van der Waals surface area contributed by atoms with Gasteiger partial charge in [-0.05, 0) is 6.92 Å². The molecule has 0 saturated heterocycles. The van der Waals surface area contributed by atoms with Crippen molar-refractivity contribution in [3.05, 3.63) is 40.7 Å². The van der Waals surface area contributed by atoms with Gasteiger partial charge in [-0.25, -0.2) is 0 Å². The molecule has 0 amide bonds. The molecule has 2 rings (SSSR count). The summed E-state index contributed by atoms with van der Waals surface area (Å²) in [5, 5.41) is 14.5. The van der Waals surface area contributed by atoms with Crippen LogP contribution >= 0.6 is 11.6 Å². The predicted molar refractivity (Wildman–Crippen MR) is 59.0 cm³/mol. The summed E-state index contributed by atoms with van der Waals surface area (Å²) < 4.78 is 1.52. The maximum Gasteiger partial charge on any atom is 0.140 e. The summed E-state index contributed by atoms with van der Waals surface area (Å²) in [6, 6.07) is 0. The average Bonchev–Trinajstić information content (AvgIpc) is 2.59. The highest BCUT2D eigenvalue weighted by molar-refractivity contribution is 6.31. The van der Waals surface area contributed by atoms with Crippen LogP contribution in [0.3, 0.4) is 0 Å². The van der Waals surface area contributed by atoms with Gasteiger partial charge < -0.3 is 5.11 Å². The second-order valence-electron chi connectivity index (χ2n) is 3.49. The van der Waals surface area contributed by atoms with Crippen LogP contribution in [0.1, 0.15) is 23.2 Å². The van der Waals surface area contributed by atoms with E-state index in [0.29, 0.717) is 16.4 Å². The molecular weight excluding hydrogens is 228 g/mol. The van der Waals surface area contributed by atoms with E-state index >= 15 is 0 Å². The SMILES string of the molecule is Cc1cnc(C(O)c2c(Cl)cnn2C)cn1. The van der Waals surface area contributed by atoms with Crippen LogP contribution in [0.4, 0.5) is 0 Å². The Bertz CT molecular complexity index is 475. The summed E-state index contributed by atoms with van der Waals surface area (Å²) >= 11 is 5.93. The van der Waals surface area contributed by atoms with Crippen LogP contribution in [0.15, 0.2) is 18.6 Å². The molecule has 5 nitrogen and oxygen atoms in total. The van der Waals surface area contributed by atoms with Crippen LogP contribution in [-0.2, 0) is 7.05 Å². The molecule has 0 fully saturated rings. The number of hydrogen-bond donors (Lipinski definition) is 1. The van der Waals surface area contributed by atoms with Gasteiger partial charge >= 0.3 is 0 Å². The summed E-state index contributed by atoms with van der Waals surface area (Å²) in [5.41, 5.74) is 1.77. The Morgan fingerprint density at radius 1 is 1.31 bits per heavy atom. The molecule has 0 aliphatic rings. The van der Waals surface area contributed by atoms with Gasteiger partial charge in [0.1, 0.15) is 6.10 Å². The van der Waals surface area contributed by atoms with Crippen LogP contribution < -0.4 is 0 Å². The minimum absolute atomic E-state index is 0.414. The number of rotatable bonds is 2. The van der Waals surface area contributed by atoms with E-state index < -0.39 is 6.10 Å². The molecule has 16 heavy (non-hydrogen) atoms. The summed E-state index contributed by atoms with van der Waals surface area (Å²) in [5.74, 6) is 0. The molecule has 0 saturated carbocycles. The third kappa shape index (κ3) is 1.91. The van der Waals surface area contributed by atoms with E-state index in [1.807, 2.05) is 6.92 Å². The summed E-state index contributed by atoms with van der Waals surface area (Å²) in [6.45, 7) is 1.83. The molecular formula is C10H11ClN4O. The van der Waals surface area contributed by atoms with E-state index in [1.54, 1.807) is 13.2 Å². The minimum atomic E-state index is -0.909. The lowest BCUT2D eigenvalue weighted by Gasteiger charge is -2.10. The number of aliphatic hydroxyl groups is 1. The van der Waals surface area contributed by atoms with Crippen molar-refractivity contribution < 1.29 is 5.11 Å². The molecule has 0 aromatic carbocycles. The van der Waals surface area contributed by atoms with Crippen LogP contribution in [0.25, 0.3) is 0 Å². The number of aliphatic hydroxyl groups excluding tert-OH is 1. The molecule has 2 aromatic rings. The third-order valence-electron chi connectivity index (χ3n) is 2.28. The molecule has 0 radical (unpaired) electrons. The fraction of sp³-hybridized carbons (Fsp3) is 0.300. The zero-order chi connectivity index (χ0) is 11.7. The van der Waals surface area contributed by atoms with Gasteiger partial charge in [-0.3, -0.25) is 14.6 Å². The van der Waals surface area contributed by atoms with Crippen molar-refractivity contribution >= 4 is 11.6 Å². The van der Waals surface area contributed by atoms with Crippen molar-refractivity contribution in [3.63, 3.8) is 0 Å². The smallest absolute Gasteiger partial charge is 0.140 e. The molecule has 84 valence electrons. The highest BCUT2D eigenvalue weighted by atomic mass is 35.5. The Morgan fingerprint density at radius 3 is 2.56 bits per heavy atom. The van der Waals surface area contributed by atoms with E-state index in [2.05, 4.69) is 15.1 Å². The largest absolute Gasteiger partial charge is 0.380 e. The Labute approximate surface area is 97.7 Å². The van der Waals surface area contributed by atoms with Gasteiger partial charge in [0.2, 0.25) is 0 Å². The van der Waals surface area contributed by atoms with E-state index in [-0.39, 0.29) is 0 Å². The Morgan fingerprint density at radius 2 is 2.06 bits per heavy atom. The maximum atomic E-state index is 10.1. The Kier molecular flexibility index (Phi) is 2.89. The monoisotopic (exact) mass is 238 g/mol. The standard InChI is InChI=1S/C10H11ClN4O/c1-6-3-13-8(5-12-6)10(16)9-7(11)4-14-15(9)2/h3-5,10,16H,1-2H3. The van der Waals surface area contributed by atoms with E-state index in [1.165, 1.54) is 17.1 Å². The van der Waals surface area contributed by atoms with Crippen molar-refractivity contribution in [1.29, 1.82) is 0 Å². The molecule has 0 aliphatic carbocycles. The van der Waals surface area contributed by atoms with Crippen LogP contribution in [-0.4, -0.2) is 24.9 Å². The van der Waals surface area contributed by atoms with Gasteiger partial charge in [0.05, 0.1) is 34.5 Å². The fourth-order valence-corrected chi connectivity index (χ4v) is 1.68. The lowest BCUT2D eigenvalue weighted by molar-refractivity contribution is 0.204. The highest BCUT2D eigenvalue weighted by Crippen LogP contribution is 2.25. The fourth-order valence-electron chi connectivity index (χ4n) is 1.41. The lowest BCUT2D eigenvalue weighted by atomic mass is 10.2.